The van der Waals surface area contributed by atoms with Gasteiger partial charge in [0.05, 0.1) is 12.8 Å². The summed E-state index contributed by atoms with van der Waals surface area (Å²) >= 11 is 1.51. The molecule has 6 heteroatoms. The lowest BCUT2D eigenvalue weighted by Gasteiger charge is -2.19. The summed E-state index contributed by atoms with van der Waals surface area (Å²) in [5.74, 6) is 0.942. The van der Waals surface area contributed by atoms with Crippen LogP contribution in [0, 0.1) is 19.8 Å². The van der Waals surface area contributed by atoms with Crippen LogP contribution in [0.5, 0.6) is 0 Å². The van der Waals surface area contributed by atoms with E-state index in [1.165, 1.54) is 34.6 Å². The van der Waals surface area contributed by atoms with Gasteiger partial charge in [-0.2, -0.15) is 0 Å². The van der Waals surface area contributed by atoms with Crippen molar-refractivity contribution >= 4 is 23.1 Å². The van der Waals surface area contributed by atoms with Gasteiger partial charge in [0.15, 0.2) is 6.61 Å². The van der Waals surface area contributed by atoms with Crippen LogP contribution >= 0.6 is 11.3 Å². The maximum atomic E-state index is 12.7. The van der Waals surface area contributed by atoms with Gasteiger partial charge in [-0.15, -0.1) is 11.3 Å². The number of carbonyl (C=O) groups excluding carboxylic acids is 2. The van der Waals surface area contributed by atoms with Crippen LogP contribution in [0.1, 0.15) is 67.4 Å². The minimum Gasteiger partial charge on any atom is -0.467 e. The number of esters is 1. The topological polar surface area (TPSA) is 61.4 Å². The number of nitrogens with zero attached hydrogens (tertiary/aromatic N) is 1. The van der Waals surface area contributed by atoms with Gasteiger partial charge < -0.3 is 13.7 Å². The fourth-order valence-electron chi connectivity index (χ4n) is 4.21. The lowest BCUT2D eigenvalue weighted by molar-refractivity contribution is 0.0479. The van der Waals surface area contributed by atoms with Gasteiger partial charge in [0.2, 0.25) is 5.78 Å². The van der Waals surface area contributed by atoms with Crippen LogP contribution in [0.2, 0.25) is 0 Å². The lowest BCUT2D eigenvalue weighted by atomic mass is 9.87. The van der Waals surface area contributed by atoms with E-state index < -0.39 is 5.97 Å². The van der Waals surface area contributed by atoms with Gasteiger partial charge in [-0.3, -0.25) is 4.79 Å². The molecule has 0 N–H and O–H groups in total. The summed E-state index contributed by atoms with van der Waals surface area (Å²) in [6.07, 6.45) is 6.06. The maximum Gasteiger partial charge on any atom is 0.348 e. The molecule has 0 fully saturated rings. The number of aromatic nitrogens is 1. The third-order valence-corrected chi connectivity index (χ3v) is 7.28. The second-order valence-corrected chi connectivity index (χ2v) is 9.16. The molecule has 3 aromatic rings. The fraction of sp³-hybridized carbons (Fsp3) is 0.417. The summed E-state index contributed by atoms with van der Waals surface area (Å²) < 4.78 is 12.8. The van der Waals surface area contributed by atoms with Crippen LogP contribution in [0.15, 0.2) is 34.9 Å². The normalized spacial score (nSPS) is 15.8. The minimum atomic E-state index is -0.403. The molecule has 3 heterocycles. The predicted octanol–water partition coefficient (Wildman–Crippen LogP) is 5.36. The molecule has 1 aliphatic rings. The molecule has 0 aliphatic heterocycles. The molecule has 1 aliphatic carbocycles. The average Bonchev–Trinajstić information content (AvgIpc) is 3.47. The number of Topliss-reactive ketones (excluding diaryl/α,β-unsaturated/α-hetero) is 1. The van der Waals surface area contributed by atoms with Gasteiger partial charge >= 0.3 is 5.97 Å². The molecular formula is C24H27NO4S. The van der Waals surface area contributed by atoms with E-state index in [2.05, 4.69) is 6.92 Å². The van der Waals surface area contributed by atoms with Crippen molar-refractivity contribution in [3.05, 3.63) is 68.6 Å². The first-order chi connectivity index (χ1) is 14.5. The molecule has 0 radical (unpaired) electrons. The summed E-state index contributed by atoms with van der Waals surface area (Å²) in [4.78, 5) is 27.2. The van der Waals surface area contributed by atoms with Gasteiger partial charge in [-0.1, -0.05) is 13.3 Å². The zero-order valence-electron chi connectivity index (χ0n) is 17.7. The molecular weight excluding hydrogens is 398 g/mol. The highest BCUT2D eigenvalue weighted by molar-refractivity contribution is 7.14. The number of hydrogen-bond donors (Lipinski definition) is 0. The quantitative estimate of drug-likeness (QED) is 0.377. The molecule has 0 unspecified atom stereocenters. The van der Waals surface area contributed by atoms with Crippen LogP contribution in [-0.4, -0.2) is 22.9 Å². The number of fused-ring (bicyclic) bond motifs is 1. The van der Waals surface area contributed by atoms with Crippen molar-refractivity contribution < 1.29 is 18.7 Å². The van der Waals surface area contributed by atoms with E-state index in [4.69, 9.17) is 9.15 Å². The molecule has 158 valence electrons. The Hall–Kier alpha value is -2.60. The van der Waals surface area contributed by atoms with Gasteiger partial charge in [-0.05, 0) is 68.9 Å². The Kier molecular flexibility index (Phi) is 5.95. The van der Waals surface area contributed by atoms with Gasteiger partial charge in [0, 0.05) is 21.8 Å². The predicted molar refractivity (Wildman–Crippen MR) is 116 cm³/mol. The van der Waals surface area contributed by atoms with Crippen LogP contribution in [0.3, 0.4) is 0 Å². The van der Waals surface area contributed by atoms with Gasteiger partial charge in [0.1, 0.15) is 10.6 Å². The van der Waals surface area contributed by atoms with E-state index in [0.29, 0.717) is 22.9 Å². The zero-order valence-corrected chi connectivity index (χ0v) is 18.5. The summed E-state index contributed by atoms with van der Waals surface area (Å²) in [6, 6.07) is 7.57. The standard InChI is InChI=1S/C24H27NO4S/c1-4-17-7-8-22-18(11-17)12-23(30-22)24(27)29-14-21(26)20-10-15(2)25(16(20)3)13-19-6-5-9-28-19/h5-6,9-10,12,17H,4,7-8,11,13-14H2,1-3H3/t17-/m0/s1. The Labute approximate surface area is 180 Å². The summed E-state index contributed by atoms with van der Waals surface area (Å²) in [6.45, 7) is 6.40. The van der Waals surface area contributed by atoms with Crippen molar-refractivity contribution in [2.24, 2.45) is 5.92 Å². The zero-order chi connectivity index (χ0) is 21.3. The minimum absolute atomic E-state index is 0.186. The first-order valence-electron chi connectivity index (χ1n) is 10.5. The van der Waals surface area contributed by atoms with E-state index >= 15 is 0 Å². The van der Waals surface area contributed by atoms with E-state index in [9.17, 15) is 9.59 Å². The van der Waals surface area contributed by atoms with Gasteiger partial charge in [-0.25, -0.2) is 4.79 Å². The van der Waals surface area contributed by atoms with Crippen molar-refractivity contribution in [1.82, 2.24) is 4.57 Å². The summed E-state index contributed by atoms with van der Waals surface area (Å²) in [5, 5.41) is 0. The van der Waals surface area contributed by atoms with Crippen molar-refractivity contribution in [1.29, 1.82) is 0 Å². The van der Waals surface area contributed by atoms with E-state index in [0.717, 1.165) is 30.0 Å². The Balaban J connectivity index is 1.40. The summed E-state index contributed by atoms with van der Waals surface area (Å²) in [7, 11) is 0. The number of ether oxygens (including phenoxy) is 1. The van der Waals surface area contributed by atoms with Crippen LogP contribution in [-0.2, 0) is 24.1 Å². The Morgan fingerprint density at radius 2 is 2.13 bits per heavy atom. The average molecular weight is 426 g/mol. The maximum absolute atomic E-state index is 12.7. The second-order valence-electron chi connectivity index (χ2n) is 8.03. The highest BCUT2D eigenvalue weighted by atomic mass is 32.1. The Morgan fingerprint density at radius 1 is 1.30 bits per heavy atom. The van der Waals surface area contributed by atoms with E-state index in [1.807, 2.05) is 42.7 Å². The largest absolute Gasteiger partial charge is 0.467 e. The highest BCUT2D eigenvalue weighted by Gasteiger charge is 2.24. The Morgan fingerprint density at radius 3 is 2.87 bits per heavy atom. The Bertz CT molecular complexity index is 1060. The molecule has 30 heavy (non-hydrogen) atoms. The third kappa shape index (κ3) is 4.15. The number of thiophene rings is 1. The number of carbonyl (C=O) groups is 2. The molecule has 0 saturated carbocycles. The smallest absolute Gasteiger partial charge is 0.348 e. The number of rotatable bonds is 7. The lowest BCUT2D eigenvalue weighted by Crippen LogP contribution is -2.14. The monoisotopic (exact) mass is 425 g/mol. The molecule has 3 aromatic heterocycles. The first kappa shape index (κ1) is 20.7. The van der Waals surface area contributed by atoms with Crippen LogP contribution < -0.4 is 0 Å². The molecule has 5 nitrogen and oxygen atoms in total. The second kappa shape index (κ2) is 8.64. The molecule has 0 saturated heterocycles. The van der Waals surface area contributed by atoms with Crippen LogP contribution in [0.25, 0.3) is 0 Å². The van der Waals surface area contributed by atoms with Crippen molar-refractivity contribution in [3.8, 4) is 0 Å². The molecule has 0 bridgehead atoms. The van der Waals surface area contributed by atoms with Crippen molar-refractivity contribution in [2.45, 2.75) is 53.0 Å². The van der Waals surface area contributed by atoms with Crippen LogP contribution in [0.4, 0.5) is 0 Å². The molecule has 0 spiro atoms. The third-order valence-electron chi connectivity index (χ3n) is 6.07. The van der Waals surface area contributed by atoms with E-state index in [1.54, 1.807) is 6.26 Å². The first-order valence-corrected chi connectivity index (χ1v) is 11.3. The number of ketones is 1. The number of furan rings is 1. The molecule has 0 aromatic carbocycles. The SMILES string of the molecule is CC[C@H]1CCc2sc(C(=O)OCC(=O)c3cc(C)n(Cc4ccco4)c3C)cc2C1. The summed E-state index contributed by atoms with van der Waals surface area (Å²) in [5.41, 5.74) is 3.68. The van der Waals surface area contributed by atoms with Gasteiger partial charge in [0.25, 0.3) is 0 Å². The van der Waals surface area contributed by atoms with E-state index in [-0.39, 0.29) is 12.4 Å². The highest BCUT2D eigenvalue weighted by Crippen LogP contribution is 2.33. The molecule has 1 atom stereocenters. The fourth-order valence-corrected chi connectivity index (χ4v) is 5.32. The molecule has 4 rings (SSSR count). The number of hydrogen-bond acceptors (Lipinski definition) is 5. The molecule has 0 amide bonds. The van der Waals surface area contributed by atoms with Crippen molar-refractivity contribution in [2.75, 3.05) is 6.61 Å². The number of aryl methyl sites for hydroxylation is 2. The van der Waals surface area contributed by atoms with Crippen molar-refractivity contribution in [3.63, 3.8) is 0 Å².